The second kappa shape index (κ2) is 8.29. The molecule has 1 atom stereocenters. The van der Waals surface area contributed by atoms with Crippen LogP contribution in [0.5, 0.6) is 0 Å². The number of fused-ring (bicyclic) bond motifs is 1. The Morgan fingerprint density at radius 3 is 2.88 bits per heavy atom. The van der Waals surface area contributed by atoms with E-state index in [0.717, 1.165) is 64.6 Å². The predicted molar refractivity (Wildman–Crippen MR) is 98.7 cm³/mol. The van der Waals surface area contributed by atoms with Crippen molar-refractivity contribution in [2.75, 3.05) is 33.0 Å². The summed E-state index contributed by atoms with van der Waals surface area (Å²) in [5.41, 5.74) is 3.61. The van der Waals surface area contributed by atoms with E-state index in [4.69, 9.17) is 9.47 Å². The van der Waals surface area contributed by atoms with Gasteiger partial charge in [0.15, 0.2) is 0 Å². The molecule has 0 radical (unpaired) electrons. The fraction of sp³-hybridized carbons (Fsp3) is 0.600. The number of imidazole rings is 1. The number of nitrogens with zero attached hydrogens (tertiary/aromatic N) is 4. The smallest absolute Gasteiger partial charge is 0.0949 e. The van der Waals surface area contributed by atoms with Gasteiger partial charge in [-0.2, -0.15) is 0 Å². The van der Waals surface area contributed by atoms with Gasteiger partial charge in [0.05, 0.1) is 24.3 Å². The Morgan fingerprint density at radius 2 is 2.08 bits per heavy atom. The number of pyridine rings is 1. The molecule has 6 nitrogen and oxygen atoms in total. The van der Waals surface area contributed by atoms with Gasteiger partial charge in [-0.25, -0.2) is 4.98 Å². The van der Waals surface area contributed by atoms with Gasteiger partial charge >= 0.3 is 0 Å². The van der Waals surface area contributed by atoms with Gasteiger partial charge in [-0.1, -0.05) is 6.07 Å². The minimum absolute atomic E-state index is 0.356. The van der Waals surface area contributed by atoms with Crippen LogP contribution in [0.2, 0.25) is 0 Å². The van der Waals surface area contributed by atoms with Crippen LogP contribution in [0.4, 0.5) is 0 Å². The molecule has 2 aliphatic heterocycles. The third-order valence-corrected chi connectivity index (χ3v) is 5.43. The van der Waals surface area contributed by atoms with Gasteiger partial charge in [0.25, 0.3) is 0 Å². The Bertz CT molecular complexity index is 697. The molecule has 0 bridgehead atoms. The van der Waals surface area contributed by atoms with Crippen LogP contribution >= 0.6 is 0 Å². The minimum Gasteiger partial charge on any atom is -0.381 e. The van der Waals surface area contributed by atoms with E-state index in [0.29, 0.717) is 11.8 Å². The molecule has 0 unspecified atom stereocenters. The lowest BCUT2D eigenvalue weighted by Gasteiger charge is -2.33. The normalized spacial score (nSPS) is 21.7. The van der Waals surface area contributed by atoms with E-state index >= 15 is 0 Å². The van der Waals surface area contributed by atoms with E-state index in [1.165, 1.54) is 11.4 Å². The van der Waals surface area contributed by atoms with Crippen LogP contribution in [0.25, 0.3) is 0 Å². The van der Waals surface area contributed by atoms with Gasteiger partial charge < -0.3 is 14.0 Å². The highest BCUT2D eigenvalue weighted by Crippen LogP contribution is 2.28. The highest BCUT2D eigenvalue weighted by atomic mass is 16.5. The van der Waals surface area contributed by atoms with Gasteiger partial charge in [0.2, 0.25) is 0 Å². The third-order valence-electron chi connectivity index (χ3n) is 5.43. The van der Waals surface area contributed by atoms with E-state index < -0.39 is 0 Å². The maximum atomic E-state index is 6.15. The van der Waals surface area contributed by atoms with E-state index in [2.05, 4.69) is 32.5 Å². The van der Waals surface area contributed by atoms with E-state index in [9.17, 15) is 0 Å². The molecule has 4 rings (SSSR count). The summed E-state index contributed by atoms with van der Waals surface area (Å²) >= 11 is 0. The largest absolute Gasteiger partial charge is 0.381 e. The van der Waals surface area contributed by atoms with Crippen molar-refractivity contribution >= 4 is 0 Å². The third kappa shape index (κ3) is 4.14. The second-order valence-electron chi connectivity index (χ2n) is 7.47. The average molecular weight is 356 g/mol. The monoisotopic (exact) mass is 356 g/mol. The van der Waals surface area contributed by atoms with Gasteiger partial charge in [-0.15, -0.1) is 0 Å². The Morgan fingerprint density at radius 1 is 1.19 bits per heavy atom. The number of hydrogen-bond donors (Lipinski definition) is 0. The standard InChI is InChI=1S/C20H28N4O2/c1-23-15-22-19-12-24(11-18-4-2-3-7-21-18)10-17(20(19)23)14-26-13-16-5-8-25-9-6-16/h2-4,7,15-17H,5-6,8-14H2,1H3/t17-/m0/s1. The summed E-state index contributed by atoms with van der Waals surface area (Å²) in [6.45, 7) is 6.06. The zero-order chi connectivity index (χ0) is 17.8. The van der Waals surface area contributed by atoms with Gasteiger partial charge in [0.1, 0.15) is 0 Å². The maximum Gasteiger partial charge on any atom is 0.0949 e. The van der Waals surface area contributed by atoms with Crippen molar-refractivity contribution in [3.8, 4) is 0 Å². The number of rotatable bonds is 6. The molecule has 0 N–H and O–H groups in total. The molecular formula is C20H28N4O2. The first kappa shape index (κ1) is 17.6. The van der Waals surface area contributed by atoms with Crippen LogP contribution in [0.3, 0.4) is 0 Å². The van der Waals surface area contributed by atoms with Crippen LogP contribution in [-0.2, 0) is 29.6 Å². The highest BCUT2D eigenvalue weighted by Gasteiger charge is 2.29. The predicted octanol–water partition coefficient (Wildman–Crippen LogP) is 2.36. The van der Waals surface area contributed by atoms with Crippen molar-refractivity contribution in [1.29, 1.82) is 0 Å². The lowest BCUT2D eigenvalue weighted by molar-refractivity contribution is 0.0127. The molecule has 0 saturated carbocycles. The van der Waals surface area contributed by atoms with Crippen molar-refractivity contribution in [2.45, 2.75) is 31.8 Å². The quantitative estimate of drug-likeness (QED) is 0.795. The van der Waals surface area contributed by atoms with Crippen LogP contribution < -0.4 is 0 Å². The number of ether oxygens (including phenoxy) is 2. The summed E-state index contributed by atoms with van der Waals surface area (Å²) in [6.07, 6.45) is 6.03. The van der Waals surface area contributed by atoms with Gasteiger partial charge in [-0.05, 0) is 30.9 Å². The molecule has 1 fully saturated rings. The summed E-state index contributed by atoms with van der Waals surface area (Å²) in [5.74, 6) is 0.998. The molecule has 2 aliphatic rings. The Balaban J connectivity index is 1.39. The zero-order valence-electron chi connectivity index (χ0n) is 15.5. The summed E-state index contributed by atoms with van der Waals surface area (Å²) in [7, 11) is 2.09. The molecule has 0 amide bonds. The SMILES string of the molecule is Cn1cnc2c1[C@H](COCC1CCOCC1)CN(Cc1ccccn1)C2. The zero-order valence-corrected chi connectivity index (χ0v) is 15.5. The van der Waals surface area contributed by atoms with Crippen LogP contribution in [-0.4, -0.2) is 52.4 Å². The molecule has 0 aliphatic carbocycles. The minimum atomic E-state index is 0.356. The fourth-order valence-electron chi connectivity index (χ4n) is 4.07. The van der Waals surface area contributed by atoms with Crippen LogP contribution in [0, 0.1) is 5.92 Å². The molecule has 2 aromatic rings. The fourth-order valence-corrected chi connectivity index (χ4v) is 4.07. The topological polar surface area (TPSA) is 52.4 Å². The molecule has 6 heteroatoms. The first-order chi connectivity index (χ1) is 12.8. The summed E-state index contributed by atoms with van der Waals surface area (Å²) in [5, 5.41) is 0. The second-order valence-corrected chi connectivity index (χ2v) is 7.47. The molecule has 140 valence electrons. The molecule has 2 aromatic heterocycles. The number of aromatic nitrogens is 3. The average Bonchev–Trinajstić information content (AvgIpc) is 3.04. The Labute approximate surface area is 155 Å². The Hall–Kier alpha value is -1.76. The van der Waals surface area contributed by atoms with Crippen molar-refractivity contribution in [2.24, 2.45) is 13.0 Å². The number of hydrogen-bond acceptors (Lipinski definition) is 5. The van der Waals surface area contributed by atoms with E-state index in [1.54, 1.807) is 0 Å². The first-order valence-corrected chi connectivity index (χ1v) is 9.57. The van der Waals surface area contributed by atoms with Crippen LogP contribution in [0.1, 0.15) is 35.8 Å². The summed E-state index contributed by atoms with van der Waals surface area (Å²) < 4.78 is 13.8. The van der Waals surface area contributed by atoms with Crippen molar-refractivity contribution in [3.05, 3.63) is 47.8 Å². The van der Waals surface area contributed by atoms with Crippen LogP contribution in [0.15, 0.2) is 30.7 Å². The summed E-state index contributed by atoms with van der Waals surface area (Å²) in [6, 6.07) is 6.10. The summed E-state index contributed by atoms with van der Waals surface area (Å²) in [4.78, 5) is 11.5. The molecule has 26 heavy (non-hydrogen) atoms. The van der Waals surface area contributed by atoms with Crippen molar-refractivity contribution < 1.29 is 9.47 Å². The first-order valence-electron chi connectivity index (χ1n) is 9.57. The lowest BCUT2D eigenvalue weighted by Crippen LogP contribution is -2.36. The Kier molecular flexibility index (Phi) is 5.62. The van der Waals surface area contributed by atoms with E-state index in [-0.39, 0.29) is 0 Å². The van der Waals surface area contributed by atoms with Crippen molar-refractivity contribution in [1.82, 2.24) is 19.4 Å². The molecule has 0 spiro atoms. The van der Waals surface area contributed by atoms with E-state index in [1.807, 2.05) is 24.7 Å². The molecule has 0 aromatic carbocycles. The molecule has 4 heterocycles. The molecular weight excluding hydrogens is 328 g/mol. The van der Waals surface area contributed by atoms with Crippen molar-refractivity contribution in [3.63, 3.8) is 0 Å². The molecule has 1 saturated heterocycles. The van der Waals surface area contributed by atoms with Gasteiger partial charge in [0, 0.05) is 64.3 Å². The maximum absolute atomic E-state index is 6.15. The highest BCUT2D eigenvalue weighted by molar-refractivity contribution is 5.22. The lowest BCUT2D eigenvalue weighted by atomic mass is 9.98. The number of aryl methyl sites for hydroxylation is 1. The van der Waals surface area contributed by atoms with Gasteiger partial charge in [-0.3, -0.25) is 9.88 Å².